The predicted octanol–water partition coefficient (Wildman–Crippen LogP) is 4.51. The van der Waals surface area contributed by atoms with Gasteiger partial charge >= 0.3 is 5.97 Å². The van der Waals surface area contributed by atoms with Crippen molar-refractivity contribution in [2.45, 2.75) is 85.2 Å². The number of likely N-dealkylation sites (tertiary alicyclic amines) is 2. The number of nitrogens with one attached hydrogen (secondary N) is 2. The Balaban J connectivity index is 1.24. The van der Waals surface area contributed by atoms with E-state index in [1.807, 2.05) is 12.4 Å². The molecule has 2 aliphatic rings. The molecule has 1 unspecified atom stereocenters. The first kappa shape index (κ1) is 28.5. The number of rotatable bonds is 10. The van der Waals surface area contributed by atoms with E-state index in [1.165, 1.54) is 5.56 Å². The first-order valence-electron chi connectivity index (χ1n) is 14.6. The first-order chi connectivity index (χ1) is 19.1. The summed E-state index contributed by atoms with van der Waals surface area (Å²) in [7, 11) is 0. The maximum atomic E-state index is 12.4. The summed E-state index contributed by atoms with van der Waals surface area (Å²) < 4.78 is 0. The van der Waals surface area contributed by atoms with E-state index in [4.69, 9.17) is 0 Å². The largest absolute Gasteiger partial charge is 0.480 e. The number of aromatic amines is 2. The summed E-state index contributed by atoms with van der Waals surface area (Å²) in [5.41, 5.74) is 2.72. The van der Waals surface area contributed by atoms with Crippen LogP contribution in [0.1, 0.15) is 69.7 Å². The number of imidazole rings is 2. The Bertz CT molecular complexity index is 1170. The van der Waals surface area contributed by atoms with Crippen LogP contribution in [0.5, 0.6) is 0 Å². The van der Waals surface area contributed by atoms with Crippen LogP contribution in [-0.4, -0.2) is 77.4 Å². The third-order valence-corrected chi connectivity index (χ3v) is 8.87. The van der Waals surface area contributed by atoms with Gasteiger partial charge in [0.2, 0.25) is 0 Å². The number of piperidine rings is 1. The van der Waals surface area contributed by atoms with Crippen LogP contribution < -0.4 is 0 Å². The van der Waals surface area contributed by atoms with Crippen molar-refractivity contribution in [3.63, 3.8) is 0 Å². The van der Waals surface area contributed by atoms with Crippen molar-refractivity contribution in [3.05, 3.63) is 71.8 Å². The number of hydrogen-bond acceptors (Lipinski definition) is 6. The number of aliphatic carboxylic acids is 1. The Kier molecular flexibility index (Phi) is 8.44. The van der Waals surface area contributed by atoms with E-state index in [2.05, 4.69) is 86.6 Å². The number of benzene rings is 1. The van der Waals surface area contributed by atoms with Gasteiger partial charge in [-0.25, -0.2) is 9.97 Å². The topological polar surface area (TPSA) is 104 Å². The lowest BCUT2D eigenvalue weighted by Crippen LogP contribution is -2.47. The van der Waals surface area contributed by atoms with E-state index in [9.17, 15) is 9.90 Å². The predicted molar refractivity (Wildman–Crippen MR) is 155 cm³/mol. The van der Waals surface area contributed by atoms with E-state index in [0.29, 0.717) is 19.6 Å². The molecule has 2 aromatic heterocycles. The fraction of sp³-hybridized carbons (Fsp3) is 0.581. The minimum absolute atomic E-state index is 0.0790. The second-order valence-electron chi connectivity index (χ2n) is 13.1. The molecule has 216 valence electrons. The van der Waals surface area contributed by atoms with Crippen molar-refractivity contribution in [1.29, 1.82) is 0 Å². The highest BCUT2D eigenvalue weighted by atomic mass is 16.4. The summed E-state index contributed by atoms with van der Waals surface area (Å²) in [5, 5.41) is 10.2. The van der Waals surface area contributed by atoms with Gasteiger partial charge in [0, 0.05) is 50.5 Å². The van der Waals surface area contributed by atoms with Crippen LogP contribution in [0.3, 0.4) is 0 Å². The second-order valence-corrected chi connectivity index (χ2v) is 13.1. The average molecular weight is 548 g/mol. The molecule has 1 aromatic carbocycles. The van der Waals surface area contributed by atoms with Crippen LogP contribution in [0.25, 0.3) is 0 Å². The second kappa shape index (κ2) is 11.8. The van der Waals surface area contributed by atoms with E-state index >= 15 is 0 Å². The van der Waals surface area contributed by atoms with Crippen LogP contribution in [0.15, 0.2) is 49.1 Å². The van der Waals surface area contributed by atoms with Gasteiger partial charge in [0.25, 0.3) is 0 Å². The Morgan fingerprint density at radius 1 is 1.00 bits per heavy atom. The lowest BCUT2D eigenvalue weighted by molar-refractivity contribution is -0.142. The summed E-state index contributed by atoms with van der Waals surface area (Å²) in [6.07, 6.45) is 10.1. The van der Waals surface area contributed by atoms with Crippen molar-refractivity contribution in [2.24, 2.45) is 10.8 Å². The fourth-order valence-corrected chi connectivity index (χ4v) is 6.80. The maximum absolute atomic E-state index is 12.4. The fourth-order valence-electron chi connectivity index (χ4n) is 6.80. The number of nitrogens with zero attached hydrogens (tertiary/aromatic N) is 5. The van der Waals surface area contributed by atoms with Crippen LogP contribution in [0.2, 0.25) is 0 Å². The average Bonchev–Trinajstić information content (AvgIpc) is 3.65. The Morgan fingerprint density at radius 2 is 1.57 bits per heavy atom. The molecule has 2 atom stereocenters. The number of H-pyrrole nitrogens is 2. The molecule has 0 saturated carbocycles. The molecule has 2 aliphatic heterocycles. The van der Waals surface area contributed by atoms with Crippen molar-refractivity contribution in [3.8, 4) is 0 Å². The smallest absolute Gasteiger partial charge is 0.320 e. The summed E-state index contributed by atoms with van der Waals surface area (Å²) in [6, 6.07) is 8.47. The number of carbonyl (C=O) groups is 1. The van der Waals surface area contributed by atoms with Gasteiger partial charge in [-0.2, -0.15) is 0 Å². The molecule has 3 N–H and O–H groups in total. The van der Waals surface area contributed by atoms with E-state index < -0.39 is 12.0 Å². The van der Waals surface area contributed by atoms with Gasteiger partial charge in [0.15, 0.2) is 0 Å². The van der Waals surface area contributed by atoms with Crippen LogP contribution in [0, 0.1) is 10.8 Å². The summed E-state index contributed by atoms with van der Waals surface area (Å²) in [5.74, 6) is 1.15. The molecule has 3 aromatic rings. The third kappa shape index (κ3) is 6.82. The van der Waals surface area contributed by atoms with Gasteiger partial charge in [-0.3, -0.25) is 14.6 Å². The van der Waals surface area contributed by atoms with E-state index in [0.717, 1.165) is 62.7 Å². The van der Waals surface area contributed by atoms with Crippen molar-refractivity contribution in [1.82, 2.24) is 34.6 Å². The summed E-state index contributed by atoms with van der Waals surface area (Å²) in [4.78, 5) is 34.7. The molecule has 5 rings (SSSR count). The quantitative estimate of drug-likeness (QED) is 0.343. The molecule has 9 heteroatoms. The first-order valence-corrected chi connectivity index (χ1v) is 14.6. The SMILES string of the molecule is CC1N(Cc2ccc(CN(Cc3ncc[nH]3)Cc3ncc[nH]3)cc2)[C@H](C(=O)O)CC12CCN(CC(C)(C)C)CC2. The molecule has 0 radical (unpaired) electrons. The summed E-state index contributed by atoms with van der Waals surface area (Å²) >= 11 is 0. The molecule has 2 fully saturated rings. The molecule has 0 amide bonds. The lowest BCUT2D eigenvalue weighted by atomic mass is 9.72. The van der Waals surface area contributed by atoms with Crippen LogP contribution in [0.4, 0.5) is 0 Å². The molecular weight excluding hydrogens is 502 g/mol. The maximum Gasteiger partial charge on any atom is 0.320 e. The minimum Gasteiger partial charge on any atom is -0.480 e. The molecule has 2 saturated heterocycles. The highest BCUT2D eigenvalue weighted by Crippen LogP contribution is 2.49. The zero-order valence-electron chi connectivity index (χ0n) is 24.4. The molecule has 0 bridgehead atoms. The van der Waals surface area contributed by atoms with E-state index in [-0.39, 0.29) is 16.9 Å². The minimum atomic E-state index is -0.691. The van der Waals surface area contributed by atoms with Gasteiger partial charge in [0.05, 0.1) is 13.1 Å². The van der Waals surface area contributed by atoms with Gasteiger partial charge in [-0.05, 0) is 61.2 Å². The van der Waals surface area contributed by atoms with Crippen LogP contribution >= 0.6 is 0 Å². The molecule has 40 heavy (non-hydrogen) atoms. The highest BCUT2D eigenvalue weighted by Gasteiger charge is 2.53. The van der Waals surface area contributed by atoms with Crippen molar-refractivity contribution < 1.29 is 9.90 Å². The standard InChI is InChI=1S/C31H45N7O2/c1-23-31(9-15-36(16-10-31)22-30(2,3)4)17-26(29(39)40)38(23)19-25-7-5-24(6-8-25)18-37(20-27-32-11-12-33-27)21-28-34-13-14-35-28/h5-8,11-14,23,26H,9-10,15-22H2,1-4H3,(H,32,33)(H,34,35)(H,39,40)/t23?,26-/m0/s1. The van der Waals surface area contributed by atoms with Crippen LogP contribution in [-0.2, 0) is 31.0 Å². The Morgan fingerprint density at radius 3 is 2.08 bits per heavy atom. The monoisotopic (exact) mass is 547 g/mol. The van der Waals surface area contributed by atoms with Crippen molar-refractivity contribution >= 4 is 5.97 Å². The Hall–Kier alpha value is -3.01. The zero-order valence-corrected chi connectivity index (χ0v) is 24.4. The lowest BCUT2D eigenvalue weighted by Gasteiger charge is -2.44. The molecular formula is C31H45N7O2. The van der Waals surface area contributed by atoms with Gasteiger partial charge < -0.3 is 20.0 Å². The number of carboxylic acid groups (broad SMARTS) is 1. The third-order valence-electron chi connectivity index (χ3n) is 8.87. The number of carboxylic acids is 1. The Labute approximate surface area is 238 Å². The van der Waals surface area contributed by atoms with Gasteiger partial charge in [-0.15, -0.1) is 0 Å². The number of aromatic nitrogens is 4. The molecule has 0 aliphatic carbocycles. The normalized spacial score (nSPS) is 21.9. The van der Waals surface area contributed by atoms with Gasteiger partial charge in [-0.1, -0.05) is 45.0 Å². The van der Waals surface area contributed by atoms with Crippen molar-refractivity contribution in [2.75, 3.05) is 19.6 Å². The van der Waals surface area contributed by atoms with E-state index in [1.54, 1.807) is 12.4 Å². The molecule has 1 spiro atoms. The summed E-state index contributed by atoms with van der Waals surface area (Å²) in [6.45, 7) is 15.1. The van der Waals surface area contributed by atoms with Gasteiger partial charge in [0.1, 0.15) is 17.7 Å². The molecule has 9 nitrogen and oxygen atoms in total. The molecule has 4 heterocycles. The highest BCUT2D eigenvalue weighted by molar-refractivity contribution is 5.74. The zero-order chi connectivity index (χ0) is 28.3. The number of hydrogen-bond donors (Lipinski definition) is 3.